The molecule has 0 spiro atoms. The van der Waals surface area contributed by atoms with Crippen LogP contribution in [0.15, 0.2) is 18.2 Å². The number of carbonyl (C=O) groups excluding carboxylic acids is 1. The minimum Gasteiger partial charge on any atom is -0.382 e. The van der Waals surface area contributed by atoms with Crippen molar-refractivity contribution >= 4 is 45.5 Å². The quantitative estimate of drug-likeness (QED) is 0.804. The van der Waals surface area contributed by atoms with Gasteiger partial charge in [-0.15, -0.1) is 0 Å². The molecule has 1 aliphatic rings. The number of thiazole rings is 1. The third kappa shape index (κ3) is 3.28. The summed E-state index contributed by atoms with van der Waals surface area (Å²) in [6, 6.07) is 5.93. The molecule has 5 nitrogen and oxygen atoms in total. The number of aromatic nitrogens is 1. The normalized spacial score (nSPS) is 14.0. The van der Waals surface area contributed by atoms with Gasteiger partial charge >= 0.3 is 0 Å². The number of carbonyl (C=O) groups is 1. The number of halogens is 1. The summed E-state index contributed by atoms with van der Waals surface area (Å²) < 4.78 is 0. The standard InChI is InChI=1S/C14H15ClN4OS/c1-7-2-5-10(9(15)6-7)18-13(20)11-12(16)19-14(21-11)17-8-3-4-8/h2,5-6,8H,3-4,16H2,1H3,(H,17,19)(H,18,20). The molecule has 1 saturated carbocycles. The van der Waals surface area contributed by atoms with Gasteiger partial charge in [0.1, 0.15) is 10.7 Å². The first kappa shape index (κ1) is 14.2. The van der Waals surface area contributed by atoms with E-state index in [1.807, 2.05) is 13.0 Å². The van der Waals surface area contributed by atoms with Gasteiger partial charge in [0.25, 0.3) is 5.91 Å². The highest BCUT2D eigenvalue weighted by Gasteiger charge is 2.24. The number of nitrogens with one attached hydrogen (secondary N) is 2. The molecule has 0 unspecified atom stereocenters. The van der Waals surface area contributed by atoms with Crippen molar-refractivity contribution in [2.24, 2.45) is 0 Å². The molecule has 1 aromatic carbocycles. The third-order valence-electron chi connectivity index (χ3n) is 3.14. The van der Waals surface area contributed by atoms with Crippen LogP contribution in [0.4, 0.5) is 16.6 Å². The van der Waals surface area contributed by atoms with E-state index in [-0.39, 0.29) is 11.7 Å². The van der Waals surface area contributed by atoms with Crippen LogP contribution in [-0.2, 0) is 0 Å². The van der Waals surface area contributed by atoms with Gasteiger partial charge in [0, 0.05) is 6.04 Å². The van der Waals surface area contributed by atoms with Crippen molar-refractivity contribution in [2.75, 3.05) is 16.4 Å². The Labute approximate surface area is 131 Å². The summed E-state index contributed by atoms with van der Waals surface area (Å²) in [5.41, 5.74) is 7.42. The summed E-state index contributed by atoms with van der Waals surface area (Å²) in [7, 11) is 0. The van der Waals surface area contributed by atoms with Crippen LogP contribution in [0.5, 0.6) is 0 Å². The number of hydrogen-bond acceptors (Lipinski definition) is 5. The molecule has 0 radical (unpaired) electrons. The Morgan fingerprint density at radius 2 is 2.24 bits per heavy atom. The average molecular weight is 323 g/mol. The molecule has 0 aliphatic heterocycles. The Morgan fingerprint density at radius 1 is 1.48 bits per heavy atom. The van der Waals surface area contributed by atoms with Crippen molar-refractivity contribution < 1.29 is 4.79 Å². The lowest BCUT2D eigenvalue weighted by molar-refractivity contribution is 0.103. The maximum atomic E-state index is 12.3. The summed E-state index contributed by atoms with van der Waals surface area (Å²) >= 11 is 7.37. The second-order valence-electron chi connectivity index (χ2n) is 5.09. The van der Waals surface area contributed by atoms with Crippen molar-refractivity contribution in [3.05, 3.63) is 33.7 Å². The molecular weight excluding hydrogens is 308 g/mol. The van der Waals surface area contributed by atoms with E-state index in [1.165, 1.54) is 11.3 Å². The molecule has 1 aromatic heterocycles. The molecule has 3 rings (SSSR count). The van der Waals surface area contributed by atoms with Crippen molar-refractivity contribution in [2.45, 2.75) is 25.8 Å². The number of benzene rings is 1. The van der Waals surface area contributed by atoms with E-state index in [9.17, 15) is 4.79 Å². The number of nitrogens with two attached hydrogens (primary N) is 1. The smallest absolute Gasteiger partial charge is 0.269 e. The van der Waals surface area contributed by atoms with Crippen LogP contribution in [0, 0.1) is 6.92 Å². The molecule has 2 aromatic rings. The fraction of sp³-hybridized carbons (Fsp3) is 0.286. The van der Waals surface area contributed by atoms with Gasteiger partial charge in [-0.05, 0) is 37.5 Å². The predicted octanol–water partition coefficient (Wildman–Crippen LogP) is 3.51. The molecule has 0 bridgehead atoms. The van der Waals surface area contributed by atoms with E-state index < -0.39 is 0 Å². The molecule has 1 fully saturated rings. The van der Waals surface area contributed by atoms with Crippen molar-refractivity contribution in [3.8, 4) is 0 Å². The number of anilines is 3. The van der Waals surface area contributed by atoms with E-state index in [0.717, 1.165) is 18.4 Å². The largest absolute Gasteiger partial charge is 0.382 e. The monoisotopic (exact) mass is 322 g/mol. The first-order chi connectivity index (χ1) is 10.0. The summed E-state index contributed by atoms with van der Waals surface area (Å²) in [6.45, 7) is 1.94. The third-order valence-corrected chi connectivity index (χ3v) is 4.45. The zero-order valence-corrected chi connectivity index (χ0v) is 13.0. The van der Waals surface area contributed by atoms with Crippen molar-refractivity contribution in [3.63, 3.8) is 0 Å². The second kappa shape index (κ2) is 5.54. The van der Waals surface area contributed by atoms with Gasteiger partial charge in [-0.3, -0.25) is 4.79 Å². The summed E-state index contributed by atoms with van der Waals surface area (Å²) in [5.74, 6) is -0.0523. The van der Waals surface area contributed by atoms with Gasteiger partial charge in [-0.2, -0.15) is 0 Å². The second-order valence-corrected chi connectivity index (χ2v) is 6.50. The molecule has 110 valence electrons. The summed E-state index contributed by atoms with van der Waals surface area (Å²) in [5, 5.41) is 7.20. The molecule has 4 N–H and O–H groups in total. The molecule has 7 heteroatoms. The van der Waals surface area contributed by atoms with Gasteiger partial charge in [0.15, 0.2) is 5.13 Å². The fourth-order valence-electron chi connectivity index (χ4n) is 1.86. The minimum atomic E-state index is -0.292. The van der Waals surface area contributed by atoms with Gasteiger partial charge in [0.05, 0.1) is 10.7 Å². The van der Waals surface area contributed by atoms with Crippen LogP contribution >= 0.6 is 22.9 Å². The summed E-state index contributed by atoms with van der Waals surface area (Å²) in [4.78, 5) is 16.9. The number of hydrogen-bond donors (Lipinski definition) is 3. The zero-order chi connectivity index (χ0) is 15.0. The van der Waals surface area contributed by atoms with Gasteiger partial charge in [-0.25, -0.2) is 4.98 Å². The summed E-state index contributed by atoms with van der Waals surface area (Å²) in [6.07, 6.45) is 2.28. The van der Waals surface area contributed by atoms with Crippen molar-refractivity contribution in [1.29, 1.82) is 0 Å². The van der Waals surface area contributed by atoms with E-state index in [4.69, 9.17) is 17.3 Å². The number of nitrogens with zero attached hydrogens (tertiary/aromatic N) is 1. The van der Waals surface area contributed by atoms with Gasteiger partial charge in [0.2, 0.25) is 0 Å². The number of aryl methyl sites for hydroxylation is 1. The Kier molecular flexibility index (Phi) is 3.73. The Morgan fingerprint density at radius 3 is 2.90 bits per heavy atom. The van der Waals surface area contributed by atoms with Crippen LogP contribution in [0.2, 0.25) is 5.02 Å². The highest BCUT2D eigenvalue weighted by atomic mass is 35.5. The van der Waals surface area contributed by atoms with Gasteiger partial charge < -0.3 is 16.4 Å². The minimum absolute atomic E-state index is 0.240. The van der Waals surface area contributed by atoms with E-state index >= 15 is 0 Å². The van der Waals surface area contributed by atoms with E-state index in [2.05, 4.69) is 15.6 Å². The molecule has 0 saturated heterocycles. The Hall–Kier alpha value is -1.79. The number of amides is 1. The van der Waals surface area contributed by atoms with Crippen LogP contribution in [0.1, 0.15) is 28.1 Å². The average Bonchev–Trinajstić information content (AvgIpc) is 3.15. The maximum absolute atomic E-state index is 12.3. The van der Waals surface area contributed by atoms with Crippen LogP contribution in [0.3, 0.4) is 0 Å². The molecule has 1 heterocycles. The molecule has 1 aliphatic carbocycles. The van der Waals surface area contributed by atoms with Gasteiger partial charge in [-0.1, -0.05) is 29.0 Å². The van der Waals surface area contributed by atoms with E-state index in [0.29, 0.717) is 26.8 Å². The van der Waals surface area contributed by atoms with Crippen molar-refractivity contribution in [1.82, 2.24) is 4.98 Å². The lowest BCUT2D eigenvalue weighted by Gasteiger charge is -2.06. The maximum Gasteiger partial charge on any atom is 0.269 e. The first-order valence-electron chi connectivity index (χ1n) is 6.63. The Balaban J connectivity index is 1.76. The first-order valence-corrected chi connectivity index (χ1v) is 7.82. The van der Waals surface area contributed by atoms with Crippen LogP contribution in [0.25, 0.3) is 0 Å². The Bertz CT molecular complexity index is 696. The molecule has 21 heavy (non-hydrogen) atoms. The lowest BCUT2D eigenvalue weighted by atomic mass is 10.2. The van der Waals surface area contributed by atoms with E-state index in [1.54, 1.807) is 12.1 Å². The zero-order valence-electron chi connectivity index (χ0n) is 11.4. The molecular formula is C14H15ClN4OS. The highest BCUT2D eigenvalue weighted by molar-refractivity contribution is 7.18. The topological polar surface area (TPSA) is 80.0 Å². The number of nitrogen functional groups attached to an aromatic ring is 1. The predicted molar refractivity (Wildman–Crippen MR) is 87.3 cm³/mol. The highest BCUT2D eigenvalue weighted by Crippen LogP contribution is 2.31. The molecule has 0 atom stereocenters. The van der Waals surface area contributed by atoms with Crippen LogP contribution < -0.4 is 16.4 Å². The lowest BCUT2D eigenvalue weighted by Crippen LogP contribution is -2.12. The number of rotatable bonds is 4. The van der Waals surface area contributed by atoms with Crippen LogP contribution in [-0.4, -0.2) is 16.9 Å². The molecule has 1 amide bonds. The SMILES string of the molecule is Cc1ccc(NC(=O)c2sc(NC3CC3)nc2N)c(Cl)c1. The fourth-order valence-corrected chi connectivity index (χ4v) is 3.00.